The molecule has 0 fully saturated rings. The maximum Gasteiger partial charge on any atom is 0.240 e. The Morgan fingerprint density at radius 1 is 1.38 bits per heavy atom. The van der Waals surface area contributed by atoms with E-state index in [0.717, 1.165) is 0 Å². The minimum atomic E-state index is -3.47. The van der Waals surface area contributed by atoms with Crippen LogP contribution < -0.4 is 4.72 Å². The maximum atomic E-state index is 11.8. The van der Waals surface area contributed by atoms with Crippen molar-refractivity contribution in [3.05, 3.63) is 29.3 Å². The first kappa shape index (κ1) is 12.7. The summed E-state index contributed by atoms with van der Waals surface area (Å²) in [6, 6.07) is 6.31. The molecule has 0 spiro atoms. The summed E-state index contributed by atoms with van der Waals surface area (Å²) in [5.74, 6) is 0. The molecule has 1 aromatic carbocycles. The van der Waals surface area contributed by atoms with Crippen molar-refractivity contribution >= 4 is 10.0 Å². The van der Waals surface area contributed by atoms with Gasteiger partial charge in [0.2, 0.25) is 10.0 Å². The van der Waals surface area contributed by atoms with Gasteiger partial charge in [-0.1, -0.05) is 0 Å². The van der Waals surface area contributed by atoms with Gasteiger partial charge in [0.1, 0.15) is 0 Å². The summed E-state index contributed by atoms with van der Waals surface area (Å²) >= 11 is 0. The summed E-state index contributed by atoms with van der Waals surface area (Å²) in [5, 5.41) is 8.74. The predicted octanol–water partition coefficient (Wildman–Crippen LogP) is 1.55. The highest BCUT2D eigenvalue weighted by Crippen LogP contribution is 2.14. The molecule has 0 saturated heterocycles. The smallest absolute Gasteiger partial charge is 0.209 e. The standard InChI is InChI=1S/C11H14N2O2S/c1-8(2)13-16(14,15)11-5-4-10(7-12)9(3)6-11/h4-6,8,13H,1-3H3. The number of hydrogen-bond acceptors (Lipinski definition) is 3. The molecule has 5 heteroatoms. The van der Waals surface area contributed by atoms with Gasteiger partial charge in [0, 0.05) is 6.04 Å². The van der Waals surface area contributed by atoms with Crippen molar-refractivity contribution in [3.8, 4) is 6.07 Å². The predicted molar refractivity (Wildman–Crippen MR) is 61.4 cm³/mol. The van der Waals surface area contributed by atoms with E-state index in [1.165, 1.54) is 18.2 Å². The Bertz CT molecular complexity index is 527. The number of aryl methyl sites for hydroxylation is 1. The lowest BCUT2D eigenvalue weighted by atomic mass is 10.1. The average Bonchev–Trinajstić information content (AvgIpc) is 2.15. The van der Waals surface area contributed by atoms with E-state index < -0.39 is 10.0 Å². The largest absolute Gasteiger partial charge is 0.240 e. The number of nitriles is 1. The molecule has 16 heavy (non-hydrogen) atoms. The Labute approximate surface area is 96.0 Å². The van der Waals surface area contributed by atoms with E-state index in [1.807, 2.05) is 6.07 Å². The van der Waals surface area contributed by atoms with E-state index in [-0.39, 0.29) is 10.9 Å². The molecule has 1 rings (SSSR count). The van der Waals surface area contributed by atoms with Gasteiger partial charge in [-0.2, -0.15) is 5.26 Å². The normalized spacial score (nSPS) is 11.4. The van der Waals surface area contributed by atoms with E-state index in [0.29, 0.717) is 11.1 Å². The highest BCUT2D eigenvalue weighted by molar-refractivity contribution is 7.89. The molecule has 0 aliphatic rings. The summed E-state index contributed by atoms with van der Waals surface area (Å²) in [5.41, 5.74) is 1.15. The zero-order valence-electron chi connectivity index (χ0n) is 9.48. The molecule has 1 N–H and O–H groups in total. The lowest BCUT2D eigenvalue weighted by Crippen LogP contribution is -2.30. The minimum absolute atomic E-state index is 0.152. The molecule has 0 saturated carbocycles. The molecule has 0 atom stereocenters. The highest BCUT2D eigenvalue weighted by Gasteiger charge is 2.15. The van der Waals surface area contributed by atoms with Crippen LogP contribution in [0.4, 0.5) is 0 Å². The third kappa shape index (κ3) is 2.81. The number of hydrogen-bond donors (Lipinski definition) is 1. The summed E-state index contributed by atoms with van der Waals surface area (Å²) in [6.45, 7) is 5.23. The van der Waals surface area contributed by atoms with Crippen molar-refractivity contribution in [3.63, 3.8) is 0 Å². The number of benzene rings is 1. The van der Waals surface area contributed by atoms with Crippen LogP contribution in [0.25, 0.3) is 0 Å². The van der Waals surface area contributed by atoms with Gasteiger partial charge in [-0.05, 0) is 44.5 Å². The van der Waals surface area contributed by atoms with Gasteiger partial charge < -0.3 is 0 Å². The van der Waals surface area contributed by atoms with Gasteiger partial charge in [0.25, 0.3) is 0 Å². The molecule has 0 heterocycles. The quantitative estimate of drug-likeness (QED) is 0.868. The Morgan fingerprint density at radius 3 is 2.44 bits per heavy atom. The Hall–Kier alpha value is -1.38. The van der Waals surface area contributed by atoms with Gasteiger partial charge >= 0.3 is 0 Å². The van der Waals surface area contributed by atoms with Crippen LogP contribution >= 0.6 is 0 Å². The first-order chi connectivity index (χ1) is 7.36. The number of sulfonamides is 1. The molecule has 4 nitrogen and oxygen atoms in total. The molecule has 0 aliphatic carbocycles. The van der Waals surface area contributed by atoms with Crippen molar-refractivity contribution in [1.29, 1.82) is 5.26 Å². The number of nitrogens with zero attached hydrogens (tertiary/aromatic N) is 1. The van der Waals surface area contributed by atoms with Gasteiger partial charge in [0.15, 0.2) is 0 Å². The minimum Gasteiger partial charge on any atom is -0.209 e. The summed E-state index contributed by atoms with van der Waals surface area (Å²) in [7, 11) is -3.47. The summed E-state index contributed by atoms with van der Waals surface area (Å²) in [6.07, 6.45) is 0. The van der Waals surface area contributed by atoms with Crippen LogP contribution in [-0.2, 0) is 10.0 Å². The molecule has 0 unspecified atom stereocenters. The summed E-state index contributed by atoms with van der Waals surface area (Å²) < 4.78 is 26.1. The SMILES string of the molecule is Cc1cc(S(=O)(=O)NC(C)C)ccc1C#N. The van der Waals surface area contributed by atoms with Crippen molar-refractivity contribution in [2.24, 2.45) is 0 Å². The van der Waals surface area contributed by atoms with Crippen LogP contribution in [0.2, 0.25) is 0 Å². The monoisotopic (exact) mass is 238 g/mol. The van der Waals surface area contributed by atoms with Crippen molar-refractivity contribution in [1.82, 2.24) is 4.72 Å². The Balaban J connectivity index is 3.17. The topological polar surface area (TPSA) is 70.0 Å². The number of rotatable bonds is 3. The highest BCUT2D eigenvalue weighted by atomic mass is 32.2. The van der Waals surface area contributed by atoms with Crippen LogP contribution in [0, 0.1) is 18.3 Å². The molecule has 0 amide bonds. The van der Waals surface area contributed by atoms with Crippen LogP contribution in [0.15, 0.2) is 23.1 Å². The second-order valence-electron chi connectivity index (χ2n) is 3.86. The second kappa shape index (κ2) is 4.64. The fourth-order valence-electron chi connectivity index (χ4n) is 1.31. The Kier molecular flexibility index (Phi) is 3.68. The fourth-order valence-corrected chi connectivity index (χ4v) is 2.64. The second-order valence-corrected chi connectivity index (χ2v) is 5.58. The van der Waals surface area contributed by atoms with E-state index in [4.69, 9.17) is 5.26 Å². The molecular weight excluding hydrogens is 224 g/mol. The van der Waals surface area contributed by atoms with Gasteiger partial charge in [-0.3, -0.25) is 0 Å². The van der Waals surface area contributed by atoms with E-state index in [2.05, 4.69) is 4.72 Å². The molecular formula is C11H14N2O2S. The summed E-state index contributed by atoms with van der Waals surface area (Å²) in [4.78, 5) is 0.192. The van der Waals surface area contributed by atoms with Gasteiger partial charge in [-0.15, -0.1) is 0 Å². The van der Waals surface area contributed by atoms with E-state index >= 15 is 0 Å². The number of nitrogens with one attached hydrogen (secondary N) is 1. The fraction of sp³-hybridized carbons (Fsp3) is 0.364. The van der Waals surface area contributed by atoms with Crippen LogP contribution in [-0.4, -0.2) is 14.5 Å². The Morgan fingerprint density at radius 2 is 2.00 bits per heavy atom. The molecule has 0 aliphatic heterocycles. The molecule has 0 aromatic heterocycles. The van der Waals surface area contributed by atoms with E-state index in [9.17, 15) is 8.42 Å². The van der Waals surface area contributed by atoms with Crippen LogP contribution in [0.3, 0.4) is 0 Å². The first-order valence-electron chi connectivity index (χ1n) is 4.90. The lowest BCUT2D eigenvalue weighted by Gasteiger charge is -2.10. The van der Waals surface area contributed by atoms with Crippen molar-refractivity contribution in [2.75, 3.05) is 0 Å². The van der Waals surface area contributed by atoms with Crippen molar-refractivity contribution < 1.29 is 8.42 Å². The molecule has 86 valence electrons. The first-order valence-corrected chi connectivity index (χ1v) is 6.38. The van der Waals surface area contributed by atoms with Gasteiger partial charge in [0.05, 0.1) is 16.5 Å². The zero-order valence-corrected chi connectivity index (χ0v) is 10.3. The molecule has 0 radical (unpaired) electrons. The van der Waals surface area contributed by atoms with E-state index in [1.54, 1.807) is 20.8 Å². The van der Waals surface area contributed by atoms with Gasteiger partial charge in [-0.25, -0.2) is 13.1 Å². The molecule has 1 aromatic rings. The third-order valence-corrected chi connectivity index (χ3v) is 3.68. The lowest BCUT2D eigenvalue weighted by molar-refractivity contribution is 0.570. The van der Waals surface area contributed by atoms with Crippen molar-refractivity contribution in [2.45, 2.75) is 31.7 Å². The maximum absolute atomic E-state index is 11.8. The zero-order chi connectivity index (χ0) is 12.3. The van der Waals surface area contributed by atoms with Crippen LogP contribution in [0.5, 0.6) is 0 Å². The molecule has 0 bridgehead atoms. The third-order valence-electron chi connectivity index (χ3n) is 2.02. The average molecular weight is 238 g/mol. The van der Waals surface area contributed by atoms with Crippen LogP contribution in [0.1, 0.15) is 25.0 Å².